The summed E-state index contributed by atoms with van der Waals surface area (Å²) in [5.74, 6) is -0.793. The van der Waals surface area contributed by atoms with E-state index < -0.39 is 5.97 Å². The molecule has 1 N–H and O–H groups in total. The maximum Gasteiger partial charge on any atom is 0.306 e. The zero-order valence-electron chi connectivity index (χ0n) is 32.2. The molecule has 0 saturated heterocycles. The molecule has 0 heterocycles. The van der Waals surface area contributed by atoms with E-state index in [1.807, 2.05) is 0 Å². The van der Waals surface area contributed by atoms with Gasteiger partial charge in [-0.25, -0.2) is 0 Å². The Morgan fingerprint density at radius 1 is 0.553 bits per heavy atom. The van der Waals surface area contributed by atoms with Gasteiger partial charge in [0.15, 0.2) is 6.10 Å². The highest BCUT2D eigenvalue weighted by Crippen LogP contribution is 2.18. The molecular weight excluding hydrogens is 582 g/mol. The van der Waals surface area contributed by atoms with Gasteiger partial charge in [-0.2, -0.15) is 0 Å². The van der Waals surface area contributed by atoms with Crippen molar-refractivity contribution in [2.45, 2.75) is 219 Å². The number of hydrogen-bond acceptors (Lipinski definition) is 3. The average molecular weight is 665 g/mol. The van der Waals surface area contributed by atoms with Crippen molar-refractivity contribution in [3.05, 3.63) is 12.2 Å². The fourth-order valence-corrected chi connectivity index (χ4v) is 6.64. The average Bonchev–Trinajstić information content (AvgIpc) is 3.02. The maximum atomic E-state index is 12.8. The van der Waals surface area contributed by atoms with Crippen LogP contribution in [0.1, 0.15) is 213 Å². The quantitative estimate of drug-likeness (QED) is 0.0311. The summed E-state index contributed by atoms with van der Waals surface area (Å²) in [4.78, 5) is 23.8. The van der Waals surface area contributed by atoms with Gasteiger partial charge in [0.05, 0.1) is 27.1 Å². The molecule has 0 fully saturated rings. The Morgan fingerprint density at radius 3 is 1.40 bits per heavy atom. The van der Waals surface area contributed by atoms with E-state index in [4.69, 9.17) is 9.84 Å². The highest BCUT2D eigenvalue weighted by atomic mass is 16.5. The second-order valence-electron chi connectivity index (χ2n) is 15.2. The predicted molar refractivity (Wildman–Crippen MR) is 203 cm³/mol. The van der Waals surface area contributed by atoms with E-state index in [1.54, 1.807) is 0 Å². The first-order valence-electron chi connectivity index (χ1n) is 20.7. The lowest BCUT2D eigenvalue weighted by Gasteiger charge is -2.33. The number of allylic oxidation sites excluding steroid dienone is 2. The van der Waals surface area contributed by atoms with E-state index in [2.05, 4.69) is 40.1 Å². The largest absolute Gasteiger partial charge is 0.481 e. The van der Waals surface area contributed by atoms with Gasteiger partial charge < -0.3 is 14.3 Å². The van der Waals surface area contributed by atoms with Crippen molar-refractivity contribution in [2.75, 3.05) is 27.2 Å². The molecule has 0 aromatic carbocycles. The number of rotatable bonds is 37. The number of quaternary nitrogens is 1. The van der Waals surface area contributed by atoms with Crippen molar-refractivity contribution in [1.29, 1.82) is 0 Å². The zero-order valence-corrected chi connectivity index (χ0v) is 32.2. The zero-order chi connectivity index (χ0) is 34.7. The van der Waals surface area contributed by atoms with E-state index in [1.165, 1.54) is 154 Å². The number of carbonyl (C=O) groups is 2. The second-order valence-corrected chi connectivity index (χ2v) is 15.2. The number of carboxylic acid groups (broad SMARTS) is 1. The van der Waals surface area contributed by atoms with Crippen LogP contribution in [0.15, 0.2) is 12.2 Å². The first-order valence-corrected chi connectivity index (χ1v) is 20.7. The Morgan fingerprint density at radius 2 is 0.957 bits per heavy atom. The van der Waals surface area contributed by atoms with Crippen molar-refractivity contribution >= 4 is 11.9 Å². The third-order valence-electron chi connectivity index (χ3n) is 9.67. The molecule has 0 aromatic rings. The third kappa shape index (κ3) is 35.8. The molecular formula is C42H82NO4+. The van der Waals surface area contributed by atoms with E-state index in [0.717, 1.165) is 38.8 Å². The number of likely N-dealkylation sites (N-methyl/N-ethyl adjacent to an activating group) is 1. The monoisotopic (exact) mass is 665 g/mol. The second kappa shape index (κ2) is 34.5. The summed E-state index contributed by atoms with van der Waals surface area (Å²) < 4.78 is 6.76. The lowest BCUT2D eigenvalue weighted by molar-refractivity contribution is -0.893. The summed E-state index contributed by atoms with van der Waals surface area (Å²) >= 11 is 0. The van der Waals surface area contributed by atoms with Crippen LogP contribution >= 0.6 is 0 Å². The molecule has 0 aliphatic carbocycles. The molecule has 0 aliphatic heterocycles. The van der Waals surface area contributed by atoms with E-state index in [-0.39, 0.29) is 18.5 Å². The summed E-state index contributed by atoms with van der Waals surface area (Å²) in [5.41, 5.74) is 0. The molecule has 47 heavy (non-hydrogen) atoms. The van der Waals surface area contributed by atoms with Crippen LogP contribution in [0.4, 0.5) is 0 Å². The van der Waals surface area contributed by atoms with Gasteiger partial charge in [0, 0.05) is 12.8 Å². The van der Waals surface area contributed by atoms with Gasteiger partial charge in [-0.3, -0.25) is 9.59 Å². The molecule has 0 aliphatic rings. The number of aliphatic carboxylic acids is 1. The van der Waals surface area contributed by atoms with Crippen LogP contribution in [0.5, 0.6) is 0 Å². The van der Waals surface area contributed by atoms with E-state index in [9.17, 15) is 9.59 Å². The topological polar surface area (TPSA) is 63.6 Å². The Labute approximate surface area is 293 Å². The molecule has 0 radical (unpaired) electrons. The summed E-state index contributed by atoms with van der Waals surface area (Å²) in [6.07, 6.45) is 42.0. The van der Waals surface area contributed by atoms with E-state index in [0.29, 0.717) is 17.3 Å². The van der Waals surface area contributed by atoms with Crippen LogP contribution < -0.4 is 0 Å². The number of ether oxygens (including phenoxy) is 1. The molecule has 0 aromatic heterocycles. The third-order valence-corrected chi connectivity index (χ3v) is 9.67. The molecule has 0 saturated carbocycles. The fourth-order valence-electron chi connectivity index (χ4n) is 6.64. The van der Waals surface area contributed by atoms with Crippen LogP contribution in [-0.4, -0.2) is 54.8 Å². The van der Waals surface area contributed by atoms with Crippen LogP contribution in [0.3, 0.4) is 0 Å². The minimum atomic E-state index is -0.740. The standard InChI is InChI=1S/C42H81NO4/c1-5-7-9-11-13-15-17-19-21-23-25-27-29-31-33-37-42(46)47-40(39-43(3,4)38-34-36-41(44)45)35-32-30-28-26-24-22-20-18-16-14-12-10-8-6-2/h19,21,40H,5-18,20,22-39H2,1-4H3/p+1/b21-19-. The SMILES string of the molecule is CCCCCCCC/C=C\CCCCCCCC(=O)OC(CCCCCCCCCCCCCCCC)C[N+](C)(C)CCCC(=O)O. The van der Waals surface area contributed by atoms with Crippen LogP contribution in [0.25, 0.3) is 0 Å². The summed E-state index contributed by atoms with van der Waals surface area (Å²) in [5, 5.41) is 9.06. The Kier molecular flexibility index (Phi) is 33.5. The number of nitrogens with zero attached hydrogens (tertiary/aromatic N) is 1. The Hall–Kier alpha value is -1.36. The van der Waals surface area contributed by atoms with Crippen molar-refractivity contribution in [1.82, 2.24) is 0 Å². The Balaban J connectivity index is 4.18. The molecule has 1 atom stereocenters. The molecule has 1 unspecified atom stereocenters. The van der Waals surface area contributed by atoms with Crippen LogP contribution in [-0.2, 0) is 14.3 Å². The van der Waals surface area contributed by atoms with Gasteiger partial charge in [-0.15, -0.1) is 0 Å². The van der Waals surface area contributed by atoms with E-state index >= 15 is 0 Å². The minimum absolute atomic E-state index is 0.0523. The first kappa shape index (κ1) is 45.6. The lowest BCUT2D eigenvalue weighted by atomic mass is 10.0. The number of hydrogen-bond donors (Lipinski definition) is 1. The normalized spacial score (nSPS) is 12.6. The van der Waals surface area contributed by atoms with Gasteiger partial charge in [0.25, 0.3) is 0 Å². The smallest absolute Gasteiger partial charge is 0.306 e. The van der Waals surface area contributed by atoms with Crippen molar-refractivity contribution in [3.8, 4) is 0 Å². The Bertz CT molecular complexity index is 719. The van der Waals surface area contributed by atoms with Crippen molar-refractivity contribution in [3.63, 3.8) is 0 Å². The minimum Gasteiger partial charge on any atom is -0.481 e. The van der Waals surface area contributed by atoms with Gasteiger partial charge >= 0.3 is 11.9 Å². The molecule has 0 spiro atoms. The van der Waals surface area contributed by atoms with Gasteiger partial charge in [-0.1, -0.05) is 161 Å². The van der Waals surface area contributed by atoms with Crippen LogP contribution in [0.2, 0.25) is 0 Å². The molecule has 0 amide bonds. The summed E-state index contributed by atoms with van der Waals surface area (Å²) in [6.45, 7) is 6.10. The highest BCUT2D eigenvalue weighted by molar-refractivity contribution is 5.69. The number of unbranched alkanes of at least 4 members (excludes halogenated alkanes) is 24. The fraction of sp³-hybridized carbons (Fsp3) is 0.905. The molecule has 5 heteroatoms. The number of carboxylic acids is 1. The maximum absolute atomic E-state index is 12.8. The summed E-state index contributed by atoms with van der Waals surface area (Å²) in [7, 11) is 4.27. The first-order chi connectivity index (χ1) is 22.8. The number of esters is 1. The van der Waals surface area contributed by atoms with Crippen LogP contribution in [0, 0.1) is 0 Å². The summed E-state index contributed by atoms with van der Waals surface area (Å²) in [6, 6.07) is 0. The van der Waals surface area contributed by atoms with Gasteiger partial charge in [0.1, 0.15) is 6.54 Å². The highest BCUT2D eigenvalue weighted by Gasteiger charge is 2.25. The molecule has 278 valence electrons. The van der Waals surface area contributed by atoms with Crippen molar-refractivity contribution in [2.24, 2.45) is 0 Å². The van der Waals surface area contributed by atoms with Crippen molar-refractivity contribution < 1.29 is 23.9 Å². The molecule has 0 rings (SSSR count). The molecule has 0 bridgehead atoms. The molecule has 5 nitrogen and oxygen atoms in total. The lowest BCUT2D eigenvalue weighted by Crippen LogP contribution is -2.47. The predicted octanol–water partition coefficient (Wildman–Crippen LogP) is 12.7. The van der Waals surface area contributed by atoms with Gasteiger partial charge in [-0.05, 0) is 44.9 Å². The number of carbonyl (C=O) groups excluding carboxylic acids is 1. The van der Waals surface area contributed by atoms with Gasteiger partial charge in [0.2, 0.25) is 0 Å².